The van der Waals surface area contributed by atoms with Crippen molar-refractivity contribution < 1.29 is 13.2 Å². The van der Waals surface area contributed by atoms with E-state index in [1.54, 1.807) is 0 Å². The van der Waals surface area contributed by atoms with Crippen LogP contribution < -0.4 is 0 Å². The van der Waals surface area contributed by atoms with Gasteiger partial charge in [0.15, 0.2) is 0 Å². The van der Waals surface area contributed by atoms with Crippen molar-refractivity contribution in [2.24, 2.45) is 4.99 Å². The fourth-order valence-corrected chi connectivity index (χ4v) is 3.27. The zero-order chi connectivity index (χ0) is 19.0. The minimum atomic E-state index is -4.36. The molecule has 0 fully saturated rings. The number of benzene rings is 2. The van der Waals surface area contributed by atoms with Gasteiger partial charge in [-0.2, -0.15) is 18.3 Å². The predicted molar refractivity (Wildman–Crippen MR) is 98.7 cm³/mol. The van der Waals surface area contributed by atoms with Gasteiger partial charge < -0.3 is 0 Å². The number of aliphatic imine (C=N–C) groups is 1. The van der Waals surface area contributed by atoms with Gasteiger partial charge in [-0.3, -0.25) is 5.10 Å². The standard InChI is InChI=1S/C17H9ClF3N5S/c18-14-12-6-3-10(7-13(12)23-24-14)15-25-26-16(27-15)22-8-9-1-4-11(5-2-9)17(19,20)21/h1-8H,(H,23,24)/b22-8+. The quantitative estimate of drug-likeness (QED) is 0.456. The van der Waals surface area contributed by atoms with Crippen LogP contribution in [0, 0.1) is 0 Å². The predicted octanol–water partition coefficient (Wildman–Crippen LogP) is 5.50. The Morgan fingerprint density at radius 2 is 1.85 bits per heavy atom. The zero-order valence-electron chi connectivity index (χ0n) is 13.3. The molecule has 4 rings (SSSR count). The van der Waals surface area contributed by atoms with E-state index in [0.29, 0.717) is 26.4 Å². The fraction of sp³-hybridized carbons (Fsp3) is 0.0588. The topological polar surface area (TPSA) is 66.8 Å². The van der Waals surface area contributed by atoms with Crippen LogP contribution in [-0.2, 0) is 6.18 Å². The fourth-order valence-electron chi connectivity index (χ4n) is 2.38. The molecule has 2 heterocycles. The van der Waals surface area contributed by atoms with Crippen LogP contribution in [0.5, 0.6) is 0 Å². The molecule has 0 saturated carbocycles. The van der Waals surface area contributed by atoms with E-state index in [9.17, 15) is 13.2 Å². The van der Waals surface area contributed by atoms with E-state index in [4.69, 9.17) is 11.6 Å². The maximum atomic E-state index is 12.6. The molecule has 0 aliphatic heterocycles. The molecule has 136 valence electrons. The Bertz CT molecular complexity index is 1130. The maximum absolute atomic E-state index is 12.6. The van der Waals surface area contributed by atoms with Gasteiger partial charge in [0, 0.05) is 17.2 Å². The minimum Gasteiger partial charge on any atom is -0.266 e. The molecule has 2 aromatic carbocycles. The Morgan fingerprint density at radius 1 is 1.07 bits per heavy atom. The second-order valence-corrected chi connectivity index (χ2v) is 6.87. The number of rotatable bonds is 3. The maximum Gasteiger partial charge on any atom is 0.416 e. The molecule has 5 nitrogen and oxygen atoms in total. The second-order valence-electron chi connectivity index (χ2n) is 5.54. The van der Waals surface area contributed by atoms with Gasteiger partial charge >= 0.3 is 6.18 Å². The molecule has 27 heavy (non-hydrogen) atoms. The summed E-state index contributed by atoms with van der Waals surface area (Å²) < 4.78 is 37.7. The molecular formula is C17H9ClF3N5S. The van der Waals surface area contributed by atoms with Gasteiger partial charge in [-0.05, 0) is 29.8 Å². The lowest BCUT2D eigenvalue weighted by molar-refractivity contribution is -0.137. The summed E-state index contributed by atoms with van der Waals surface area (Å²) in [4.78, 5) is 4.18. The molecule has 0 amide bonds. The number of nitrogens with zero attached hydrogens (tertiary/aromatic N) is 4. The van der Waals surface area contributed by atoms with Gasteiger partial charge in [0.2, 0.25) is 5.13 Å². The first kappa shape index (κ1) is 17.6. The molecule has 10 heteroatoms. The van der Waals surface area contributed by atoms with Crippen molar-refractivity contribution in [3.63, 3.8) is 0 Å². The lowest BCUT2D eigenvalue weighted by Gasteiger charge is -2.05. The Balaban J connectivity index is 1.54. The number of halogens is 4. The number of alkyl halides is 3. The molecule has 0 saturated heterocycles. The van der Waals surface area contributed by atoms with Gasteiger partial charge in [-0.15, -0.1) is 10.2 Å². The van der Waals surface area contributed by atoms with Crippen LogP contribution in [0.1, 0.15) is 11.1 Å². The van der Waals surface area contributed by atoms with Crippen LogP contribution in [0.3, 0.4) is 0 Å². The van der Waals surface area contributed by atoms with E-state index in [1.807, 2.05) is 18.2 Å². The molecular weight excluding hydrogens is 399 g/mol. The van der Waals surface area contributed by atoms with Crippen LogP contribution in [0.2, 0.25) is 5.15 Å². The van der Waals surface area contributed by atoms with Gasteiger partial charge in [-0.25, -0.2) is 4.99 Å². The van der Waals surface area contributed by atoms with Crippen LogP contribution in [0.4, 0.5) is 18.3 Å². The Labute approximate surface area is 159 Å². The normalized spacial score (nSPS) is 12.3. The van der Waals surface area contributed by atoms with E-state index in [1.165, 1.54) is 29.7 Å². The smallest absolute Gasteiger partial charge is 0.266 e. The van der Waals surface area contributed by atoms with E-state index in [0.717, 1.165) is 23.1 Å². The van der Waals surface area contributed by atoms with E-state index >= 15 is 0 Å². The number of hydrogen-bond acceptors (Lipinski definition) is 5. The minimum absolute atomic E-state index is 0.394. The number of aromatic amines is 1. The molecule has 0 aliphatic rings. The number of hydrogen-bond donors (Lipinski definition) is 1. The first-order valence-electron chi connectivity index (χ1n) is 7.59. The summed E-state index contributed by atoms with van der Waals surface area (Å²) >= 11 is 7.24. The van der Waals surface area contributed by atoms with Crippen molar-refractivity contribution in [2.75, 3.05) is 0 Å². The van der Waals surface area contributed by atoms with Crippen LogP contribution in [0.15, 0.2) is 47.5 Å². The zero-order valence-corrected chi connectivity index (χ0v) is 14.9. The summed E-state index contributed by atoms with van der Waals surface area (Å²) in [6, 6.07) is 10.2. The van der Waals surface area contributed by atoms with Crippen molar-refractivity contribution >= 4 is 45.2 Å². The third-order valence-corrected chi connectivity index (χ3v) is 4.90. The highest BCUT2D eigenvalue weighted by Gasteiger charge is 2.29. The second kappa shape index (κ2) is 6.75. The van der Waals surface area contributed by atoms with Gasteiger partial charge in [0.1, 0.15) is 10.2 Å². The summed E-state index contributed by atoms with van der Waals surface area (Å²) in [7, 11) is 0. The number of fused-ring (bicyclic) bond motifs is 1. The van der Waals surface area contributed by atoms with E-state index in [2.05, 4.69) is 25.4 Å². The molecule has 2 aromatic heterocycles. The molecule has 0 unspecified atom stereocenters. The highest BCUT2D eigenvalue weighted by atomic mass is 35.5. The molecule has 0 aliphatic carbocycles. The third-order valence-electron chi connectivity index (χ3n) is 3.73. The van der Waals surface area contributed by atoms with Gasteiger partial charge in [0.05, 0.1) is 11.1 Å². The SMILES string of the molecule is FC(F)(F)c1ccc(/C=N/c2nnc(-c3ccc4c(Cl)[nH]nc4c3)s2)cc1. The number of aromatic nitrogens is 4. The lowest BCUT2D eigenvalue weighted by Crippen LogP contribution is -2.04. The van der Waals surface area contributed by atoms with Crippen LogP contribution in [-0.4, -0.2) is 26.6 Å². The average Bonchev–Trinajstić information content (AvgIpc) is 3.26. The first-order valence-corrected chi connectivity index (χ1v) is 8.78. The highest BCUT2D eigenvalue weighted by Crippen LogP contribution is 2.31. The summed E-state index contributed by atoms with van der Waals surface area (Å²) in [6.45, 7) is 0. The molecule has 0 spiro atoms. The number of H-pyrrole nitrogens is 1. The van der Waals surface area contributed by atoms with Gasteiger partial charge in [0.25, 0.3) is 0 Å². The van der Waals surface area contributed by atoms with Crippen molar-refractivity contribution in [1.82, 2.24) is 20.4 Å². The first-order chi connectivity index (χ1) is 12.9. The van der Waals surface area contributed by atoms with Crippen molar-refractivity contribution in [3.8, 4) is 10.6 Å². The summed E-state index contributed by atoms with van der Waals surface area (Å²) in [5, 5.41) is 17.2. The van der Waals surface area contributed by atoms with Crippen LogP contribution >= 0.6 is 22.9 Å². The summed E-state index contributed by atoms with van der Waals surface area (Å²) in [5.41, 5.74) is 1.36. The van der Waals surface area contributed by atoms with Crippen LogP contribution in [0.25, 0.3) is 21.5 Å². The summed E-state index contributed by atoms with van der Waals surface area (Å²) in [6.07, 6.45) is -2.91. The Kier molecular flexibility index (Phi) is 4.40. The molecule has 0 bridgehead atoms. The number of nitrogens with one attached hydrogen (secondary N) is 1. The van der Waals surface area contributed by atoms with Crippen molar-refractivity contribution in [1.29, 1.82) is 0 Å². The van der Waals surface area contributed by atoms with Crippen molar-refractivity contribution in [2.45, 2.75) is 6.18 Å². The van der Waals surface area contributed by atoms with E-state index < -0.39 is 11.7 Å². The lowest BCUT2D eigenvalue weighted by atomic mass is 10.1. The third kappa shape index (κ3) is 3.69. The molecule has 1 N–H and O–H groups in total. The Hall–Kier alpha value is -2.78. The molecule has 0 radical (unpaired) electrons. The van der Waals surface area contributed by atoms with E-state index in [-0.39, 0.29) is 0 Å². The van der Waals surface area contributed by atoms with Crippen molar-refractivity contribution in [3.05, 3.63) is 58.7 Å². The highest BCUT2D eigenvalue weighted by molar-refractivity contribution is 7.18. The largest absolute Gasteiger partial charge is 0.416 e. The molecule has 0 atom stereocenters. The summed E-state index contributed by atoms with van der Waals surface area (Å²) in [5.74, 6) is 0. The molecule has 4 aromatic rings. The Morgan fingerprint density at radius 3 is 2.59 bits per heavy atom. The average molecular weight is 408 g/mol. The monoisotopic (exact) mass is 407 g/mol. The van der Waals surface area contributed by atoms with Gasteiger partial charge in [-0.1, -0.05) is 41.1 Å².